The third-order valence-corrected chi connectivity index (χ3v) is 3.65. The molecule has 1 aromatic carbocycles. The molecule has 0 bridgehead atoms. The first-order valence-corrected chi connectivity index (χ1v) is 5.88. The number of hydrogen-bond acceptors (Lipinski definition) is 2. The number of halogens is 4. The zero-order valence-corrected chi connectivity index (χ0v) is 9.52. The molecule has 0 aliphatic rings. The number of sulfone groups is 1. The molecule has 14 heavy (non-hydrogen) atoms. The van der Waals surface area contributed by atoms with Crippen molar-refractivity contribution in [2.75, 3.05) is 0 Å². The monoisotopic (exact) mass is 336 g/mol. The van der Waals surface area contributed by atoms with Crippen LogP contribution >= 0.6 is 22.6 Å². The third kappa shape index (κ3) is 2.19. The lowest BCUT2D eigenvalue weighted by atomic mass is 10.4. The SMILES string of the molecule is O=S(=O)(c1ccc(I)cc1)C(F)(F)F. The van der Waals surface area contributed by atoms with Gasteiger partial charge in [-0.2, -0.15) is 13.2 Å². The number of benzene rings is 1. The quantitative estimate of drug-likeness (QED) is 0.739. The average molecular weight is 336 g/mol. The van der Waals surface area contributed by atoms with Gasteiger partial charge in [0.05, 0.1) is 4.90 Å². The molecule has 0 saturated heterocycles. The summed E-state index contributed by atoms with van der Waals surface area (Å²) in [6.45, 7) is 0. The van der Waals surface area contributed by atoms with Gasteiger partial charge in [0, 0.05) is 3.57 Å². The Kier molecular flexibility index (Phi) is 3.10. The fraction of sp³-hybridized carbons (Fsp3) is 0.143. The Balaban J connectivity index is 3.25. The first-order chi connectivity index (χ1) is 6.25. The van der Waals surface area contributed by atoms with E-state index in [0.29, 0.717) is 3.57 Å². The molecule has 0 aliphatic heterocycles. The van der Waals surface area contributed by atoms with Crippen LogP contribution in [0, 0.1) is 3.57 Å². The second-order valence-electron chi connectivity index (χ2n) is 2.40. The molecule has 7 heteroatoms. The van der Waals surface area contributed by atoms with Crippen LogP contribution in [0.3, 0.4) is 0 Å². The maximum atomic E-state index is 12.0. The molecule has 78 valence electrons. The summed E-state index contributed by atoms with van der Waals surface area (Å²) in [7, 11) is -5.20. The molecule has 0 atom stereocenters. The third-order valence-electron chi connectivity index (χ3n) is 1.43. The van der Waals surface area contributed by atoms with Crippen molar-refractivity contribution in [2.24, 2.45) is 0 Å². The number of rotatable bonds is 1. The topological polar surface area (TPSA) is 34.1 Å². The molecular weight excluding hydrogens is 332 g/mol. The van der Waals surface area contributed by atoms with Crippen molar-refractivity contribution >= 4 is 32.4 Å². The smallest absolute Gasteiger partial charge is 0.214 e. The van der Waals surface area contributed by atoms with Crippen molar-refractivity contribution in [3.05, 3.63) is 27.8 Å². The van der Waals surface area contributed by atoms with E-state index in [1.54, 1.807) is 0 Å². The van der Waals surface area contributed by atoms with Crippen molar-refractivity contribution < 1.29 is 21.6 Å². The summed E-state index contributed by atoms with van der Waals surface area (Å²) in [4.78, 5) is -0.731. The van der Waals surface area contributed by atoms with Gasteiger partial charge in [0.25, 0.3) is 9.84 Å². The lowest BCUT2D eigenvalue weighted by Crippen LogP contribution is -2.23. The van der Waals surface area contributed by atoms with Gasteiger partial charge in [0.1, 0.15) is 0 Å². The van der Waals surface area contributed by atoms with Crippen molar-refractivity contribution in [2.45, 2.75) is 10.4 Å². The van der Waals surface area contributed by atoms with Crippen LogP contribution in [-0.4, -0.2) is 13.9 Å². The van der Waals surface area contributed by atoms with Gasteiger partial charge in [-0.15, -0.1) is 0 Å². The normalized spacial score (nSPS) is 12.9. The molecule has 0 spiro atoms. The van der Waals surface area contributed by atoms with Crippen LogP contribution < -0.4 is 0 Å². The minimum Gasteiger partial charge on any atom is -0.214 e. The molecule has 1 aromatic rings. The summed E-state index contributed by atoms with van der Waals surface area (Å²) < 4.78 is 58.4. The van der Waals surface area contributed by atoms with Crippen LogP contribution in [0.1, 0.15) is 0 Å². The van der Waals surface area contributed by atoms with Crippen molar-refractivity contribution in [1.82, 2.24) is 0 Å². The zero-order chi connectivity index (χ0) is 11.0. The summed E-state index contributed by atoms with van der Waals surface area (Å²) in [6, 6.07) is 4.48. The first kappa shape index (κ1) is 11.8. The van der Waals surface area contributed by atoms with E-state index in [2.05, 4.69) is 0 Å². The van der Waals surface area contributed by atoms with E-state index in [4.69, 9.17) is 0 Å². The van der Waals surface area contributed by atoms with Gasteiger partial charge in [-0.3, -0.25) is 0 Å². The summed E-state index contributed by atoms with van der Waals surface area (Å²) in [5.41, 5.74) is -5.24. The van der Waals surface area contributed by atoms with Gasteiger partial charge in [-0.05, 0) is 46.9 Å². The number of hydrogen-bond donors (Lipinski definition) is 0. The maximum Gasteiger partial charge on any atom is 0.501 e. The second-order valence-corrected chi connectivity index (χ2v) is 5.59. The Morgan fingerprint density at radius 3 is 1.86 bits per heavy atom. The molecule has 2 nitrogen and oxygen atoms in total. The van der Waals surface area contributed by atoms with Crippen molar-refractivity contribution in [1.29, 1.82) is 0 Å². The molecule has 1 rings (SSSR count). The largest absolute Gasteiger partial charge is 0.501 e. The van der Waals surface area contributed by atoms with Crippen molar-refractivity contribution in [3.63, 3.8) is 0 Å². The predicted octanol–water partition coefficient (Wildman–Crippen LogP) is 2.58. The van der Waals surface area contributed by atoms with Crippen LogP contribution in [0.2, 0.25) is 0 Å². The van der Waals surface area contributed by atoms with E-state index in [-0.39, 0.29) is 0 Å². The number of alkyl halides is 3. The molecule has 0 unspecified atom stereocenters. The Labute approximate surface area is 92.2 Å². The van der Waals surface area contributed by atoms with E-state index < -0.39 is 20.2 Å². The zero-order valence-electron chi connectivity index (χ0n) is 6.55. The predicted molar refractivity (Wildman–Crippen MR) is 52.4 cm³/mol. The van der Waals surface area contributed by atoms with E-state index in [0.717, 1.165) is 12.1 Å². The minimum atomic E-state index is -5.24. The molecule has 0 aromatic heterocycles. The van der Waals surface area contributed by atoms with Crippen LogP contribution in [0.4, 0.5) is 13.2 Å². The van der Waals surface area contributed by atoms with Gasteiger partial charge in [0.2, 0.25) is 0 Å². The van der Waals surface area contributed by atoms with E-state index in [9.17, 15) is 21.6 Å². The standard InChI is InChI=1S/C7H4F3IO2S/c8-7(9,10)14(12,13)6-3-1-5(11)2-4-6/h1-4H. The summed E-state index contributed by atoms with van der Waals surface area (Å²) in [6.07, 6.45) is 0. The highest BCUT2D eigenvalue weighted by atomic mass is 127. The first-order valence-electron chi connectivity index (χ1n) is 3.32. The Bertz CT molecular complexity index is 421. The van der Waals surface area contributed by atoms with Gasteiger partial charge >= 0.3 is 5.51 Å². The highest BCUT2D eigenvalue weighted by Gasteiger charge is 2.46. The van der Waals surface area contributed by atoms with E-state index in [1.807, 2.05) is 22.6 Å². The second kappa shape index (κ2) is 3.69. The fourth-order valence-electron chi connectivity index (χ4n) is 0.747. The van der Waals surface area contributed by atoms with Gasteiger partial charge in [-0.1, -0.05) is 0 Å². The van der Waals surface area contributed by atoms with Crippen LogP contribution in [0.25, 0.3) is 0 Å². The van der Waals surface area contributed by atoms with E-state index in [1.165, 1.54) is 12.1 Å². The molecule has 0 saturated carbocycles. The molecule has 0 amide bonds. The lowest BCUT2D eigenvalue weighted by molar-refractivity contribution is -0.0436. The van der Waals surface area contributed by atoms with Crippen molar-refractivity contribution in [3.8, 4) is 0 Å². The van der Waals surface area contributed by atoms with E-state index >= 15 is 0 Å². The van der Waals surface area contributed by atoms with Crippen LogP contribution in [-0.2, 0) is 9.84 Å². The van der Waals surface area contributed by atoms with Gasteiger partial charge in [0.15, 0.2) is 0 Å². The lowest BCUT2D eigenvalue weighted by Gasteiger charge is -2.07. The maximum absolute atomic E-state index is 12.0. The Morgan fingerprint density at radius 2 is 1.50 bits per heavy atom. The fourth-order valence-corrected chi connectivity index (χ4v) is 1.87. The highest BCUT2D eigenvalue weighted by Crippen LogP contribution is 2.30. The Morgan fingerprint density at radius 1 is 1.07 bits per heavy atom. The molecule has 0 radical (unpaired) electrons. The average Bonchev–Trinajstić information content (AvgIpc) is 2.03. The molecule has 0 heterocycles. The van der Waals surface area contributed by atoms with Crippen LogP contribution in [0.15, 0.2) is 29.2 Å². The highest BCUT2D eigenvalue weighted by molar-refractivity contribution is 14.1. The molecular formula is C7H4F3IO2S. The molecule has 0 fully saturated rings. The molecule has 0 aliphatic carbocycles. The van der Waals surface area contributed by atoms with Gasteiger partial charge in [-0.25, -0.2) is 8.42 Å². The summed E-state index contributed by atoms with van der Waals surface area (Å²) >= 11 is 1.87. The molecule has 0 N–H and O–H groups in total. The van der Waals surface area contributed by atoms with Gasteiger partial charge < -0.3 is 0 Å². The summed E-state index contributed by atoms with van der Waals surface area (Å²) in [5, 5.41) is 0. The Hall–Kier alpha value is -0.310. The van der Waals surface area contributed by atoms with Crippen LogP contribution in [0.5, 0.6) is 0 Å². The summed E-state index contributed by atoms with van der Waals surface area (Å²) in [5.74, 6) is 0. The minimum absolute atomic E-state index is 0.670.